The van der Waals surface area contributed by atoms with E-state index in [4.69, 9.17) is 15.6 Å². The Morgan fingerprint density at radius 3 is 2.87 bits per heavy atom. The van der Waals surface area contributed by atoms with E-state index in [2.05, 4.69) is 18.7 Å². The van der Waals surface area contributed by atoms with E-state index in [-0.39, 0.29) is 12.7 Å². The van der Waals surface area contributed by atoms with E-state index in [0.29, 0.717) is 18.7 Å². The monoisotopic (exact) mass is 216 g/mol. The molecule has 0 bridgehead atoms. The van der Waals surface area contributed by atoms with Crippen LogP contribution >= 0.6 is 0 Å². The highest BCUT2D eigenvalue weighted by Gasteiger charge is 2.29. The summed E-state index contributed by atoms with van der Waals surface area (Å²) in [6.45, 7) is 6.75. The van der Waals surface area contributed by atoms with Crippen molar-refractivity contribution in [2.75, 3.05) is 26.3 Å². The molecule has 90 valence electrons. The van der Waals surface area contributed by atoms with Crippen molar-refractivity contribution in [1.82, 2.24) is 4.90 Å². The van der Waals surface area contributed by atoms with Crippen LogP contribution in [0.25, 0.3) is 0 Å². The molecule has 15 heavy (non-hydrogen) atoms. The van der Waals surface area contributed by atoms with Crippen LogP contribution in [0.3, 0.4) is 0 Å². The van der Waals surface area contributed by atoms with Crippen LogP contribution in [0, 0.1) is 0 Å². The van der Waals surface area contributed by atoms with Crippen molar-refractivity contribution in [2.45, 2.75) is 44.9 Å². The maximum absolute atomic E-state index is 9.10. The number of rotatable bonds is 5. The summed E-state index contributed by atoms with van der Waals surface area (Å²) in [4.78, 5) is 2.43. The van der Waals surface area contributed by atoms with E-state index in [0.717, 1.165) is 25.9 Å². The molecule has 0 aromatic carbocycles. The molecule has 4 nitrogen and oxygen atoms in total. The Kier molecular flexibility index (Phi) is 5.53. The predicted molar refractivity (Wildman–Crippen MR) is 60.7 cm³/mol. The van der Waals surface area contributed by atoms with Crippen molar-refractivity contribution in [1.29, 1.82) is 0 Å². The van der Waals surface area contributed by atoms with Gasteiger partial charge in [0.05, 0.1) is 19.3 Å². The second kappa shape index (κ2) is 6.43. The smallest absolute Gasteiger partial charge is 0.0933 e. The highest BCUT2D eigenvalue weighted by atomic mass is 16.5. The molecular weight excluding hydrogens is 192 g/mol. The maximum atomic E-state index is 9.10. The zero-order chi connectivity index (χ0) is 11.3. The number of morpholine rings is 1. The zero-order valence-corrected chi connectivity index (χ0v) is 9.85. The summed E-state index contributed by atoms with van der Waals surface area (Å²) in [5.41, 5.74) is 5.62. The van der Waals surface area contributed by atoms with E-state index in [9.17, 15) is 0 Å². The SMILES string of the molecule is CCC(CCN)N1CC(CO)OCC1C. The van der Waals surface area contributed by atoms with Crippen LogP contribution in [-0.4, -0.2) is 54.5 Å². The highest BCUT2D eigenvalue weighted by Crippen LogP contribution is 2.18. The number of aliphatic hydroxyl groups is 1. The fourth-order valence-electron chi connectivity index (χ4n) is 2.26. The van der Waals surface area contributed by atoms with Crippen LogP contribution in [0.4, 0.5) is 0 Å². The third kappa shape index (κ3) is 3.41. The number of hydrogen-bond acceptors (Lipinski definition) is 4. The highest BCUT2D eigenvalue weighted by molar-refractivity contribution is 4.82. The van der Waals surface area contributed by atoms with Crippen LogP contribution in [0.2, 0.25) is 0 Å². The first-order chi connectivity index (χ1) is 7.22. The van der Waals surface area contributed by atoms with Gasteiger partial charge in [0, 0.05) is 18.6 Å². The molecule has 1 heterocycles. The fraction of sp³-hybridized carbons (Fsp3) is 1.00. The lowest BCUT2D eigenvalue weighted by molar-refractivity contribution is -0.0920. The molecule has 1 aliphatic heterocycles. The average molecular weight is 216 g/mol. The summed E-state index contributed by atoms with van der Waals surface area (Å²) in [5, 5.41) is 9.10. The van der Waals surface area contributed by atoms with Gasteiger partial charge in [0.15, 0.2) is 0 Å². The molecule has 0 amide bonds. The van der Waals surface area contributed by atoms with Crippen molar-refractivity contribution in [3.63, 3.8) is 0 Å². The third-order valence-corrected chi connectivity index (χ3v) is 3.20. The van der Waals surface area contributed by atoms with Gasteiger partial charge in [0.1, 0.15) is 0 Å². The van der Waals surface area contributed by atoms with Gasteiger partial charge in [0.25, 0.3) is 0 Å². The molecule has 0 aromatic heterocycles. The summed E-state index contributed by atoms with van der Waals surface area (Å²) in [5.74, 6) is 0. The minimum absolute atomic E-state index is 0.0203. The van der Waals surface area contributed by atoms with Crippen LogP contribution in [0.1, 0.15) is 26.7 Å². The first kappa shape index (κ1) is 12.9. The molecule has 0 aromatic rings. The Labute approximate surface area is 92.4 Å². The predicted octanol–water partition coefficient (Wildman–Crippen LogP) is 0.195. The quantitative estimate of drug-likeness (QED) is 0.689. The van der Waals surface area contributed by atoms with Crippen molar-refractivity contribution in [2.24, 2.45) is 5.73 Å². The van der Waals surface area contributed by atoms with Crippen LogP contribution in [0.5, 0.6) is 0 Å². The van der Waals surface area contributed by atoms with Crippen LogP contribution in [-0.2, 0) is 4.74 Å². The van der Waals surface area contributed by atoms with Gasteiger partial charge in [-0.15, -0.1) is 0 Å². The van der Waals surface area contributed by atoms with Crippen molar-refractivity contribution >= 4 is 0 Å². The Balaban J connectivity index is 2.54. The molecule has 0 saturated carbocycles. The normalized spacial score (nSPS) is 30.4. The summed E-state index contributed by atoms with van der Waals surface area (Å²) in [6.07, 6.45) is 2.12. The van der Waals surface area contributed by atoms with Gasteiger partial charge in [-0.25, -0.2) is 0 Å². The Hall–Kier alpha value is -0.160. The van der Waals surface area contributed by atoms with Gasteiger partial charge < -0.3 is 15.6 Å². The lowest BCUT2D eigenvalue weighted by Gasteiger charge is -2.42. The number of ether oxygens (including phenoxy) is 1. The maximum Gasteiger partial charge on any atom is 0.0933 e. The standard InChI is InChI=1S/C11H24N2O2/c1-3-10(4-5-12)13-6-11(7-14)15-8-9(13)2/h9-11,14H,3-8,12H2,1-2H3. The first-order valence-electron chi connectivity index (χ1n) is 5.91. The molecule has 1 rings (SSSR count). The number of hydrogen-bond donors (Lipinski definition) is 2. The lowest BCUT2D eigenvalue weighted by Crippen LogP contribution is -2.53. The van der Waals surface area contributed by atoms with Crippen LogP contribution < -0.4 is 5.73 Å². The largest absolute Gasteiger partial charge is 0.394 e. The van der Waals surface area contributed by atoms with Gasteiger partial charge in [-0.1, -0.05) is 6.92 Å². The Bertz CT molecular complexity index is 178. The number of aliphatic hydroxyl groups excluding tert-OH is 1. The average Bonchev–Trinajstić information content (AvgIpc) is 2.27. The second-order valence-corrected chi connectivity index (χ2v) is 4.32. The molecule has 1 aliphatic rings. The van der Waals surface area contributed by atoms with Crippen molar-refractivity contribution < 1.29 is 9.84 Å². The van der Waals surface area contributed by atoms with E-state index >= 15 is 0 Å². The molecule has 3 atom stereocenters. The fourth-order valence-corrected chi connectivity index (χ4v) is 2.26. The third-order valence-electron chi connectivity index (χ3n) is 3.20. The Morgan fingerprint density at radius 1 is 1.60 bits per heavy atom. The minimum atomic E-state index is -0.0203. The van der Waals surface area contributed by atoms with Crippen molar-refractivity contribution in [3.05, 3.63) is 0 Å². The summed E-state index contributed by atoms with van der Waals surface area (Å²) in [6, 6.07) is 0.965. The molecule has 3 N–H and O–H groups in total. The summed E-state index contributed by atoms with van der Waals surface area (Å²) >= 11 is 0. The van der Waals surface area contributed by atoms with Gasteiger partial charge in [0.2, 0.25) is 0 Å². The molecule has 0 radical (unpaired) electrons. The van der Waals surface area contributed by atoms with Gasteiger partial charge in [-0.3, -0.25) is 4.90 Å². The number of nitrogens with zero attached hydrogens (tertiary/aromatic N) is 1. The van der Waals surface area contributed by atoms with E-state index < -0.39 is 0 Å². The Morgan fingerprint density at radius 2 is 2.33 bits per heavy atom. The van der Waals surface area contributed by atoms with Crippen LogP contribution in [0.15, 0.2) is 0 Å². The molecule has 0 aliphatic carbocycles. The van der Waals surface area contributed by atoms with Gasteiger partial charge >= 0.3 is 0 Å². The summed E-state index contributed by atoms with van der Waals surface area (Å²) < 4.78 is 5.52. The van der Waals surface area contributed by atoms with Crippen molar-refractivity contribution in [3.8, 4) is 0 Å². The topological polar surface area (TPSA) is 58.7 Å². The molecule has 3 unspecified atom stereocenters. The minimum Gasteiger partial charge on any atom is -0.394 e. The molecule has 0 spiro atoms. The van der Waals surface area contributed by atoms with Gasteiger partial charge in [-0.2, -0.15) is 0 Å². The summed E-state index contributed by atoms with van der Waals surface area (Å²) in [7, 11) is 0. The molecular formula is C11H24N2O2. The molecule has 4 heteroatoms. The number of nitrogens with two attached hydrogens (primary N) is 1. The van der Waals surface area contributed by atoms with E-state index in [1.165, 1.54) is 0 Å². The van der Waals surface area contributed by atoms with E-state index in [1.807, 2.05) is 0 Å². The first-order valence-corrected chi connectivity index (χ1v) is 5.91. The van der Waals surface area contributed by atoms with E-state index in [1.54, 1.807) is 0 Å². The second-order valence-electron chi connectivity index (χ2n) is 4.32. The molecule has 1 fully saturated rings. The zero-order valence-electron chi connectivity index (χ0n) is 9.85. The molecule has 1 saturated heterocycles. The van der Waals surface area contributed by atoms with Gasteiger partial charge in [-0.05, 0) is 26.3 Å². The lowest BCUT2D eigenvalue weighted by atomic mass is 10.0.